The van der Waals surface area contributed by atoms with Gasteiger partial charge in [0, 0.05) is 37.5 Å². The number of esters is 5. The minimum atomic E-state index is -1.49. The van der Waals surface area contributed by atoms with Crippen LogP contribution in [0.3, 0.4) is 0 Å². The molecular formula is C33H40O12. The Labute approximate surface area is 261 Å². The predicted octanol–water partition coefficient (Wildman–Crippen LogP) is 3.08. The van der Waals surface area contributed by atoms with E-state index in [2.05, 4.69) is 0 Å². The topological polar surface area (TPSA) is 153 Å². The standard InChI is InChI=1S/C33H40O12/c1-18(34)41-22-12-13-33(17-40-33)30(5)25(22)29(4)14-23(42-19(2)35)32(15-24(37)39-16-32)45-31(29,6)27(26(30)43-20(3)36)44-28(38)21-10-8-7-9-11-21/h7-11,22-23,25-27H,12-17H2,1-6H3/t22-,23+,25-,26+,27+,29-,30+,31+,32-,33+/m1/s1. The first-order valence-electron chi connectivity index (χ1n) is 15.4. The number of carbonyl (C=O) groups excluding carboxylic acids is 5. The summed E-state index contributed by atoms with van der Waals surface area (Å²) in [5.41, 5.74) is -5.55. The second-order valence-electron chi connectivity index (χ2n) is 13.8. The van der Waals surface area contributed by atoms with Crippen LogP contribution < -0.4 is 0 Å². The van der Waals surface area contributed by atoms with Gasteiger partial charge in [-0.3, -0.25) is 19.2 Å². The van der Waals surface area contributed by atoms with Gasteiger partial charge in [-0.2, -0.15) is 0 Å². The number of ether oxygens (including phenoxy) is 7. The number of carbonyl (C=O) groups is 5. The van der Waals surface area contributed by atoms with Crippen molar-refractivity contribution in [2.24, 2.45) is 16.7 Å². The van der Waals surface area contributed by atoms with E-state index >= 15 is 0 Å². The molecule has 6 rings (SSSR count). The summed E-state index contributed by atoms with van der Waals surface area (Å²) in [6.07, 6.45) is -3.07. The molecule has 3 aliphatic heterocycles. The molecule has 12 heteroatoms. The Hall–Kier alpha value is -3.51. The Morgan fingerprint density at radius 1 is 0.844 bits per heavy atom. The van der Waals surface area contributed by atoms with E-state index < -0.39 is 87.8 Å². The highest BCUT2D eigenvalue weighted by Crippen LogP contribution is 2.73. The molecule has 3 heterocycles. The van der Waals surface area contributed by atoms with Gasteiger partial charge in [0.25, 0.3) is 0 Å². The minimum Gasteiger partial charge on any atom is -0.462 e. The van der Waals surface area contributed by atoms with Crippen molar-refractivity contribution < 1.29 is 57.1 Å². The van der Waals surface area contributed by atoms with Crippen molar-refractivity contribution in [3.63, 3.8) is 0 Å². The second kappa shape index (κ2) is 10.5. The van der Waals surface area contributed by atoms with Crippen molar-refractivity contribution in [2.45, 2.75) is 108 Å². The quantitative estimate of drug-likeness (QED) is 0.268. The van der Waals surface area contributed by atoms with Crippen LogP contribution in [0, 0.1) is 16.7 Å². The van der Waals surface area contributed by atoms with Crippen LogP contribution in [-0.2, 0) is 52.3 Å². The third kappa shape index (κ3) is 4.66. The van der Waals surface area contributed by atoms with Crippen LogP contribution in [0.1, 0.15) is 77.6 Å². The van der Waals surface area contributed by atoms with Crippen LogP contribution >= 0.6 is 0 Å². The Bertz CT molecular complexity index is 1420. The van der Waals surface area contributed by atoms with Gasteiger partial charge >= 0.3 is 29.8 Å². The van der Waals surface area contributed by atoms with Gasteiger partial charge in [-0.25, -0.2) is 4.79 Å². The monoisotopic (exact) mass is 628 g/mol. The molecule has 2 spiro atoms. The molecule has 0 aromatic heterocycles. The smallest absolute Gasteiger partial charge is 0.338 e. The molecule has 0 radical (unpaired) electrons. The van der Waals surface area contributed by atoms with Gasteiger partial charge in [-0.05, 0) is 38.3 Å². The number of fused-ring (bicyclic) bond motifs is 4. The fraction of sp³-hybridized carbons (Fsp3) is 0.667. The van der Waals surface area contributed by atoms with E-state index in [1.165, 1.54) is 20.8 Å². The van der Waals surface area contributed by atoms with Crippen molar-refractivity contribution in [1.82, 2.24) is 0 Å². The summed E-state index contributed by atoms with van der Waals surface area (Å²) in [5.74, 6) is -3.46. The molecule has 0 unspecified atom stereocenters. The van der Waals surface area contributed by atoms with Crippen LogP contribution in [0.25, 0.3) is 0 Å². The highest BCUT2D eigenvalue weighted by Gasteiger charge is 2.83. The van der Waals surface area contributed by atoms with E-state index in [0.717, 1.165) is 0 Å². The van der Waals surface area contributed by atoms with Gasteiger partial charge in [-0.15, -0.1) is 0 Å². The zero-order chi connectivity index (χ0) is 32.6. The molecule has 2 aliphatic carbocycles. The van der Waals surface area contributed by atoms with Crippen LogP contribution in [0.4, 0.5) is 0 Å². The Morgan fingerprint density at radius 2 is 1.49 bits per heavy atom. The Balaban J connectivity index is 1.59. The lowest BCUT2D eigenvalue weighted by molar-refractivity contribution is -0.379. The van der Waals surface area contributed by atoms with Crippen LogP contribution in [-0.4, -0.2) is 84.3 Å². The molecule has 3 saturated heterocycles. The van der Waals surface area contributed by atoms with Crippen LogP contribution in [0.2, 0.25) is 0 Å². The van der Waals surface area contributed by atoms with Crippen LogP contribution in [0.5, 0.6) is 0 Å². The largest absolute Gasteiger partial charge is 0.462 e. The molecule has 1 aromatic rings. The van der Waals surface area contributed by atoms with E-state index in [1.54, 1.807) is 37.3 Å². The van der Waals surface area contributed by atoms with Gasteiger partial charge in [0.2, 0.25) is 0 Å². The average Bonchev–Trinajstić information content (AvgIpc) is 3.66. The van der Waals surface area contributed by atoms with Crippen LogP contribution in [0.15, 0.2) is 30.3 Å². The summed E-state index contributed by atoms with van der Waals surface area (Å²) in [4.78, 5) is 64.3. The molecule has 0 bridgehead atoms. The van der Waals surface area contributed by atoms with Crippen molar-refractivity contribution in [2.75, 3.05) is 13.2 Å². The summed E-state index contributed by atoms with van der Waals surface area (Å²) < 4.78 is 43.1. The molecule has 2 saturated carbocycles. The predicted molar refractivity (Wildman–Crippen MR) is 152 cm³/mol. The lowest BCUT2D eigenvalue weighted by atomic mass is 9.39. The Kier molecular flexibility index (Phi) is 7.35. The number of hydrogen-bond donors (Lipinski definition) is 0. The lowest BCUT2D eigenvalue weighted by Crippen LogP contribution is -2.82. The number of rotatable bonds is 5. The highest BCUT2D eigenvalue weighted by molar-refractivity contribution is 5.89. The van der Waals surface area contributed by atoms with Gasteiger partial charge in [-0.1, -0.05) is 32.0 Å². The van der Waals surface area contributed by atoms with E-state index in [0.29, 0.717) is 19.4 Å². The third-order valence-corrected chi connectivity index (χ3v) is 11.2. The number of epoxide rings is 1. The van der Waals surface area contributed by atoms with Crippen molar-refractivity contribution >= 4 is 29.8 Å². The van der Waals surface area contributed by atoms with Gasteiger partial charge in [0.05, 0.1) is 18.6 Å². The summed E-state index contributed by atoms with van der Waals surface area (Å²) >= 11 is 0. The zero-order valence-electron chi connectivity index (χ0n) is 26.4. The number of cyclic esters (lactones) is 1. The second-order valence-corrected chi connectivity index (χ2v) is 13.8. The minimum absolute atomic E-state index is 0.139. The van der Waals surface area contributed by atoms with E-state index in [9.17, 15) is 24.0 Å². The Morgan fingerprint density at radius 3 is 2.04 bits per heavy atom. The normalized spacial score (nSPS) is 43.0. The van der Waals surface area contributed by atoms with Gasteiger partial charge in [0.15, 0.2) is 17.8 Å². The van der Waals surface area contributed by atoms with E-state index in [-0.39, 0.29) is 25.0 Å². The lowest BCUT2D eigenvalue weighted by Gasteiger charge is -2.71. The fourth-order valence-electron chi connectivity index (χ4n) is 9.14. The van der Waals surface area contributed by atoms with E-state index in [4.69, 9.17) is 33.2 Å². The molecule has 12 nitrogen and oxygen atoms in total. The molecule has 244 valence electrons. The third-order valence-electron chi connectivity index (χ3n) is 11.2. The summed E-state index contributed by atoms with van der Waals surface area (Å²) in [6, 6.07) is 8.42. The van der Waals surface area contributed by atoms with Gasteiger partial charge in [0.1, 0.15) is 30.0 Å². The maximum atomic E-state index is 13.8. The number of benzene rings is 1. The summed E-state index contributed by atoms with van der Waals surface area (Å²) in [7, 11) is 0. The molecule has 0 N–H and O–H groups in total. The molecule has 5 fully saturated rings. The first-order chi connectivity index (χ1) is 21.1. The summed E-state index contributed by atoms with van der Waals surface area (Å²) in [5, 5.41) is 0. The maximum Gasteiger partial charge on any atom is 0.338 e. The zero-order valence-corrected chi connectivity index (χ0v) is 26.4. The van der Waals surface area contributed by atoms with Crippen molar-refractivity contribution in [1.29, 1.82) is 0 Å². The van der Waals surface area contributed by atoms with E-state index in [1.807, 2.05) is 13.8 Å². The maximum absolute atomic E-state index is 13.8. The molecule has 5 aliphatic rings. The molecule has 1 aromatic carbocycles. The first-order valence-corrected chi connectivity index (χ1v) is 15.4. The fourth-order valence-corrected chi connectivity index (χ4v) is 9.14. The SMILES string of the molecule is CC(=O)O[C@H]1C[C@]2(C)[C@H]3[C@H](OC(C)=O)CC[C@]4(CO4)[C@]3(C)[C@@H](OC(C)=O)[C@H](OC(=O)c3ccccc3)[C@]2(C)O[C@]12COC(=O)C2. The van der Waals surface area contributed by atoms with Gasteiger partial charge < -0.3 is 33.2 Å². The first kappa shape index (κ1) is 31.5. The highest BCUT2D eigenvalue weighted by atomic mass is 16.7. The molecule has 0 amide bonds. The summed E-state index contributed by atoms with van der Waals surface area (Å²) in [6.45, 7) is 9.68. The molecular weight excluding hydrogens is 588 g/mol. The van der Waals surface area contributed by atoms with Crippen molar-refractivity contribution in [3.05, 3.63) is 35.9 Å². The average molecular weight is 629 g/mol. The number of hydrogen-bond acceptors (Lipinski definition) is 12. The van der Waals surface area contributed by atoms with Crippen molar-refractivity contribution in [3.8, 4) is 0 Å². The molecule has 10 atom stereocenters. The molecule has 45 heavy (non-hydrogen) atoms.